The van der Waals surface area contributed by atoms with Crippen molar-refractivity contribution in [2.75, 3.05) is 11.4 Å². The summed E-state index contributed by atoms with van der Waals surface area (Å²) in [6.45, 7) is 16.8. The van der Waals surface area contributed by atoms with Gasteiger partial charge in [-0.25, -0.2) is 9.97 Å². The highest BCUT2D eigenvalue weighted by Gasteiger charge is 2.37. The van der Waals surface area contributed by atoms with Crippen LogP contribution in [0.25, 0.3) is 0 Å². The normalized spacial score (nSPS) is 17.9. The molecule has 0 spiro atoms. The van der Waals surface area contributed by atoms with Gasteiger partial charge in [0, 0.05) is 24.6 Å². The SMILES string of the molecule is CCN(c1ncc(C)cn1)c1cc2c(cc1C)C(C)(C)CCC2(C)C. The second kappa shape index (κ2) is 6.12. The van der Waals surface area contributed by atoms with Crippen molar-refractivity contribution >= 4 is 11.6 Å². The van der Waals surface area contributed by atoms with Crippen molar-refractivity contribution in [1.29, 1.82) is 0 Å². The van der Waals surface area contributed by atoms with Gasteiger partial charge in [-0.1, -0.05) is 33.8 Å². The lowest BCUT2D eigenvalue weighted by molar-refractivity contribution is 0.332. The molecule has 1 heterocycles. The molecule has 0 saturated heterocycles. The molecule has 2 aromatic rings. The Bertz CT molecular complexity index is 773. The van der Waals surface area contributed by atoms with Gasteiger partial charge in [0.2, 0.25) is 5.95 Å². The van der Waals surface area contributed by atoms with Crippen molar-refractivity contribution in [3.63, 3.8) is 0 Å². The smallest absolute Gasteiger partial charge is 0.229 e. The van der Waals surface area contributed by atoms with E-state index in [0.717, 1.165) is 18.1 Å². The molecule has 3 nitrogen and oxygen atoms in total. The summed E-state index contributed by atoms with van der Waals surface area (Å²) in [5, 5.41) is 0. The number of hydrogen-bond donors (Lipinski definition) is 0. The van der Waals surface area contributed by atoms with Crippen molar-refractivity contribution in [3.8, 4) is 0 Å². The van der Waals surface area contributed by atoms with E-state index in [-0.39, 0.29) is 10.8 Å². The van der Waals surface area contributed by atoms with Gasteiger partial charge >= 0.3 is 0 Å². The highest BCUT2D eigenvalue weighted by Crippen LogP contribution is 2.47. The van der Waals surface area contributed by atoms with Crippen LogP contribution in [0.3, 0.4) is 0 Å². The standard InChI is InChI=1S/C22H31N3/c1-8-25(20-23-13-15(2)14-24-20)19-12-18-17(11-16(19)3)21(4,5)9-10-22(18,6)7/h11-14H,8-10H2,1-7H3. The molecular weight excluding hydrogens is 306 g/mol. The summed E-state index contributed by atoms with van der Waals surface area (Å²) in [7, 11) is 0. The third-order valence-electron chi connectivity index (χ3n) is 5.79. The fourth-order valence-electron chi connectivity index (χ4n) is 3.95. The predicted molar refractivity (Wildman–Crippen MR) is 106 cm³/mol. The quantitative estimate of drug-likeness (QED) is 0.730. The van der Waals surface area contributed by atoms with E-state index in [1.165, 1.54) is 35.2 Å². The van der Waals surface area contributed by atoms with Gasteiger partial charge in [0.1, 0.15) is 0 Å². The summed E-state index contributed by atoms with van der Waals surface area (Å²) < 4.78 is 0. The summed E-state index contributed by atoms with van der Waals surface area (Å²) in [5.74, 6) is 0.782. The van der Waals surface area contributed by atoms with Gasteiger partial charge in [0.25, 0.3) is 0 Å². The predicted octanol–water partition coefficient (Wildman–Crippen LogP) is 5.60. The van der Waals surface area contributed by atoms with E-state index in [0.29, 0.717) is 0 Å². The highest BCUT2D eigenvalue weighted by atomic mass is 15.2. The fourth-order valence-corrected chi connectivity index (χ4v) is 3.95. The average Bonchev–Trinajstić information content (AvgIpc) is 2.55. The number of nitrogens with zero attached hydrogens (tertiary/aromatic N) is 3. The Kier molecular flexibility index (Phi) is 4.38. The molecule has 25 heavy (non-hydrogen) atoms. The van der Waals surface area contributed by atoms with Gasteiger partial charge in [-0.2, -0.15) is 0 Å². The molecule has 0 radical (unpaired) electrons. The lowest BCUT2D eigenvalue weighted by Gasteiger charge is -2.43. The first-order valence-corrected chi connectivity index (χ1v) is 9.37. The van der Waals surface area contributed by atoms with E-state index in [1.807, 2.05) is 19.3 Å². The van der Waals surface area contributed by atoms with Crippen LogP contribution in [-0.4, -0.2) is 16.5 Å². The van der Waals surface area contributed by atoms with Crippen LogP contribution in [0.5, 0.6) is 0 Å². The van der Waals surface area contributed by atoms with Crippen LogP contribution < -0.4 is 4.90 Å². The molecule has 3 rings (SSSR count). The number of aromatic nitrogens is 2. The maximum absolute atomic E-state index is 4.56. The number of anilines is 2. The van der Waals surface area contributed by atoms with Gasteiger partial charge in [-0.05, 0) is 72.8 Å². The third kappa shape index (κ3) is 3.17. The Hall–Kier alpha value is -1.90. The maximum atomic E-state index is 4.56. The summed E-state index contributed by atoms with van der Waals surface area (Å²) in [4.78, 5) is 11.3. The minimum Gasteiger partial charge on any atom is -0.311 e. The Morgan fingerprint density at radius 3 is 1.96 bits per heavy atom. The summed E-state index contributed by atoms with van der Waals surface area (Å²) >= 11 is 0. The zero-order chi connectivity index (χ0) is 18.4. The summed E-state index contributed by atoms with van der Waals surface area (Å²) in [5.41, 5.74) is 7.06. The van der Waals surface area contributed by atoms with Crippen molar-refractivity contribution in [2.45, 2.75) is 72.1 Å². The van der Waals surface area contributed by atoms with E-state index < -0.39 is 0 Å². The Balaban J connectivity index is 2.15. The van der Waals surface area contributed by atoms with Crippen molar-refractivity contribution < 1.29 is 0 Å². The lowest BCUT2D eigenvalue weighted by atomic mass is 9.63. The molecule has 0 saturated carbocycles. The number of benzene rings is 1. The molecule has 1 aromatic carbocycles. The molecule has 0 aliphatic heterocycles. The fraction of sp³-hybridized carbons (Fsp3) is 0.545. The van der Waals surface area contributed by atoms with Gasteiger partial charge in [-0.15, -0.1) is 0 Å². The van der Waals surface area contributed by atoms with E-state index in [4.69, 9.17) is 0 Å². The molecule has 0 amide bonds. The first kappa shape index (κ1) is 17.9. The monoisotopic (exact) mass is 337 g/mol. The molecule has 134 valence electrons. The first-order valence-electron chi connectivity index (χ1n) is 9.37. The van der Waals surface area contributed by atoms with Crippen LogP contribution in [0, 0.1) is 13.8 Å². The lowest BCUT2D eigenvalue weighted by Crippen LogP contribution is -2.34. The number of aryl methyl sites for hydroxylation is 2. The van der Waals surface area contributed by atoms with Crippen LogP contribution >= 0.6 is 0 Å². The molecule has 0 bridgehead atoms. The zero-order valence-corrected chi connectivity index (χ0v) is 16.8. The average molecular weight is 338 g/mol. The number of rotatable bonds is 3. The minimum absolute atomic E-state index is 0.209. The van der Waals surface area contributed by atoms with Gasteiger partial charge in [0.05, 0.1) is 0 Å². The van der Waals surface area contributed by atoms with Crippen LogP contribution in [-0.2, 0) is 10.8 Å². The van der Waals surface area contributed by atoms with E-state index in [1.54, 1.807) is 0 Å². The van der Waals surface area contributed by atoms with Crippen LogP contribution in [0.2, 0.25) is 0 Å². The second-order valence-corrected chi connectivity index (χ2v) is 8.76. The maximum Gasteiger partial charge on any atom is 0.229 e. The largest absolute Gasteiger partial charge is 0.311 e. The van der Waals surface area contributed by atoms with Crippen molar-refractivity contribution in [1.82, 2.24) is 9.97 Å². The third-order valence-corrected chi connectivity index (χ3v) is 5.79. The van der Waals surface area contributed by atoms with E-state index >= 15 is 0 Å². The second-order valence-electron chi connectivity index (χ2n) is 8.76. The molecule has 0 unspecified atom stereocenters. The van der Waals surface area contributed by atoms with Crippen molar-refractivity contribution in [3.05, 3.63) is 46.8 Å². The molecule has 0 atom stereocenters. The highest BCUT2D eigenvalue weighted by molar-refractivity contribution is 5.65. The van der Waals surface area contributed by atoms with Crippen LogP contribution in [0.1, 0.15) is 69.7 Å². The van der Waals surface area contributed by atoms with E-state index in [2.05, 4.69) is 68.5 Å². The molecule has 1 aliphatic carbocycles. The summed E-state index contributed by atoms with van der Waals surface area (Å²) in [6.07, 6.45) is 6.25. The van der Waals surface area contributed by atoms with Gasteiger partial charge < -0.3 is 4.90 Å². The summed E-state index contributed by atoms with van der Waals surface area (Å²) in [6, 6.07) is 4.81. The molecule has 0 fully saturated rings. The van der Waals surface area contributed by atoms with Gasteiger partial charge in [-0.3, -0.25) is 0 Å². The molecule has 1 aliphatic rings. The molecular formula is C22H31N3. The Morgan fingerprint density at radius 1 is 0.920 bits per heavy atom. The minimum atomic E-state index is 0.209. The number of hydrogen-bond acceptors (Lipinski definition) is 3. The first-order chi connectivity index (χ1) is 11.7. The Morgan fingerprint density at radius 2 is 1.44 bits per heavy atom. The van der Waals surface area contributed by atoms with Gasteiger partial charge in [0.15, 0.2) is 0 Å². The van der Waals surface area contributed by atoms with E-state index in [9.17, 15) is 0 Å². The van der Waals surface area contributed by atoms with Crippen LogP contribution in [0.4, 0.5) is 11.6 Å². The molecule has 1 aromatic heterocycles. The van der Waals surface area contributed by atoms with Crippen molar-refractivity contribution in [2.24, 2.45) is 0 Å². The molecule has 3 heteroatoms. The molecule has 0 N–H and O–H groups in total. The zero-order valence-electron chi connectivity index (χ0n) is 16.8. The van der Waals surface area contributed by atoms with Crippen LogP contribution in [0.15, 0.2) is 24.5 Å². The number of fused-ring (bicyclic) bond motifs is 1. The Labute approximate surface area is 152 Å². The topological polar surface area (TPSA) is 29.0 Å².